The molecule has 0 unspecified atom stereocenters. The summed E-state index contributed by atoms with van der Waals surface area (Å²) in [4.78, 5) is 26.6. The fourth-order valence-corrected chi connectivity index (χ4v) is 3.33. The number of nitrogens with one attached hydrogen (secondary N) is 2. The lowest BCUT2D eigenvalue weighted by Gasteiger charge is -2.21. The molecule has 0 saturated carbocycles. The lowest BCUT2D eigenvalue weighted by atomic mass is 9.92. The van der Waals surface area contributed by atoms with Crippen molar-refractivity contribution in [2.75, 3.05) is 23.7 Å². The number of hydrogen-bond acceptors (Lipinski definition) is 3. The highest BCUT2D eigenvalue weighted by Gasteiger charge is 2.23. The van der Waals surface area contributed by atoms with E-state index in [0.29, 0.717) is 22.6 Å². The van der Waals surface area contributed by atoms with Crippen molar-refractivity contribution in [3.63, 3.8) is 0 Å². The van der Waals surface area contributed by atoms with E-state index >= 15 is 0 Å². The van der Waals surface area contributed by atoms with Crippen molar-refractivity contribution >= 4 is 35.0 Å². The second kappa shape index (κ2) is 10.2. The molecule has 0 radical (unpaired) electrons. The minimum atomic E-state index is -0.910. The van der Waals surface area contributed by atoms with E-state index < -0.39 is 23.6 Å². The minimum absolute atomic E-state index is 0.180. The van der Waals surface area contributed by atoms with Gasteiger partial charge in [0.15, 0.2) is 0 Å². The Morgan fingerprint density at radius 3 is 2.41 bits per heavy atom. The Bertz CT molecular complexity index is 1210. The van der Waals surface area contributed by atoms with Gasteiger partial charge in [-0.25, -0.2) is 18.3 Å². The van der Waals surface area contributed by atoms with Crippen molar-refractivity contribution in [3.05, 3.63) is 70.9 Å². The van der Waals surface area contributed by atoms with Gasteiger partial charge in [-0.05, 0) is 31.2 Å². The molecule has 0 aliphatic rings. The zero-order valence-corrected chi connectivity index (χ0v) is 20.1. The average Bonchev–Trinajstić information content (AvgIpc) is 3.18. The monoisotopic (exact) mass is 489 g/mol. The maximum absolute atomic E-state index is 13.9. The first kappa shape index (κ1) is 25.2. The fraction of sp³-hybridized carbons (Fsp3) is 0.292. The highest BCUT2D eigenvalue weighted by atomic mass is 35.5. The molecule has 3 rings (SSSR count). The predicted octanol–water partition coefficient (Wildman–Crippen LogP) is 5.59. The Hall–Kier alpha value is -3.46. The Kier molecular flexibility index (Phi) is 7.56. The van der Waals surface area contributed by atoms with Crippen LogP contribution in [0.5, 0.6) is 0 Å². The second-order valence-corrected chi connectivity index (χ2v) is 9.05. The number of amides is 3. The summed E-state index contributed by atoms with van der Waals surface area (Å²) in [5.41, 5.74) is 0.851. The van der Waals surface area contributed by atoms with Crippen LogP contribution in [0.2, 0.25) is 5.02 Å². The molecule has 0 fully saturated rings. The summed E-state index contributed by atoms with van der Waals surface area (Å²) < 4.78 is 28.6. The number of halogens is 3. The molecule has 0 spiro atoms. The molecule has 34 heavy (non-hydrogen) atoms. The summed E-state index contributed by atoms with van der Waals surface area (Å²) in [6, 6.07) is 11.0. The summed E-state index contributed by atoms with van der Waals surface area (Å²) in [6.07, 6.45) is 0. The van der Waals surface area contributed by atoms with Crippen LogP contribution in [0, 0.1) is 11.6 Å². The summed E-state index contributed by atoms with van der Waals surface area (Å²) in [5, 5.41) is 10.2. The number of carbonyl (C=O) groups excluding carboxylic acids is 2. The molecular formula is C24H26ClF2N5O2. The topological polar surface area (TPSA) is 79.3 Å². The van der Waals surface area contributed by atoms with Gasteiger partial charge >= 0.3 is 6.03 Å². The fourth-order valence-electron chi connectivity index (χ4n) is 3.11. The van der Waals surface area contributed by atoms with Gasteiger partial charge in [-0.15, -0.1) is 0 Å². The van der Waals surface area contributed by atoms with Crippen LogP contribution < -0.4 is 10.6 Å². The van der Waals surface area contributed by atoms with Crippen molar-refractivity contribution in [3.8, 4) is 5.69 Å². The Balaban J connectivity index is 1.79. The maximum atomic E-state index is 13.9. The molecule has 0 aliphatic carbocycles. The highest BCUT2D eigenvalue weighted by Crippen LogP contribution is 2.29. The van der Waals surface area contributed by atoms with E-state index in [1.54, 1.807) is 35.9 Å². The summed E-state index contributed by atoms with van der Waals surface area (Å²) in [6.45, 7) is 7.54. The number of urea groups is 1. The number of benzene rings is 2. The molecule has 0 bridgehead atoms. The molecule has 2 N–H and O–H groups in total. The number of nitrogens with zero attached hydrogens (tertiary/aromatic N) is 3. The first-order valence-electron chi connectivity index (χ1n) is 10.7. The summed E-state index contributed by atoms with van der Waals surface area (Å²) in [5.74, 6) is -1.76. The van der Waals surface area contributed by atoms with E-state index in [9.17, 15) is 18.4 Å². The van der Waals surface area contributed by atoms with Crippen molar-refractivity contribution in [2.45, 2.75) is 33.1 Å². The number of para-hydroxylation sites is 1. The van der Waals surface area contributed by atoms with Crippen LogP contribution in [-0.2, 0) is 10.2 Å². The molecule has 10 heteroatoms. The molecule has 0 atom stereocenters. The van der Waals surface area contributed by atoms with Gasteiger partial charge in [0, 0.05) is 24.1 Å². The van der Waals surface area contributed by atoms with E-state index in [0.717, 1.165) is 17.8 Å². The molecule has 3 aromatic rings. The van der Waals surface area contributed by atoms with Gasteiger partial charge < -0.3 is 15.5 Å². The standard InChI is InChI=1S/C24H26ClF2N5O2/c1-5-31(23(34)28-18-11-10-15(26)12-17(18)27)14-22(33)29-21-13-20(24(2,3)4)30-32(21)19-9-7-6-8-16(19)25/h6-13H,5,14H2,1-4H3,(H,28,34)(H,29,33). The van der Waals surface area contributed by atoms with Crippen molar-refractivity contribution in [2.24, 2.45) is 0 Å². The number of carbonyl (C=O) groups is 2. The number of anilines is 2. The number of likely N-dealkylation sites (N-methyl/N-ethyl adjacent to an activating group) is 1. The lowest BCUT2D eigenvalue weighted by molar-refractivity contribution is -0.116. The molecule has 2 aromatic carbocycles. The third-order valence-corrected chi connectivity index (χ3v) is 5.32. The number of aromatic nitrogens is 2. The van der Waals surface area contributed by atoms with Crippen LogP contribution in [0.1, 0.15) is 33.4 Å². The lowest BCUT2D eigenvalue weighted by Crippen LogP contribution is -2.40. The van der Waals surface area contributed by atoms with Crippen LogP contribution in [0.15, 0.2) is 48.5 Å². The Morgan fingerprint density at radius 1 is 1.09 bits per heavy atom. The maximum Gasteiger partial charge on any atom is 0.322 e. The third kappa shape index (κ3) is 5.91. The zero-order valence-electron chi connectivity index (χ0n) is 19.3. The van der Waals surface area contributed by atoms with Gasteiger partial charge in [-0.2, -0.15) is 5.10 Å². The van der Waals surface area contributed by atoms with E-state index in [1.165, 1.54) is 4.90 Å². The van der Waals surface area contributed by atoms with Gasteiger partial charge in [0.2, 0.25) is 5.91 Å². The minimum Gasteiger partial charge on any atom is -0.315 e. The molecule has 1 aromatic heterocycles. The van der Waals surface area contributed by atoms with Gasteiger partial charge in [-0.3, -0.25) is 4.79 Å². The zero-order chi connectivity index (χ0) is 25.0. The summed E-state index contributed by atoms with van der Waals surface area (Å²) in [7, 11) is 0. The largest absolute Gasteiger partial charge is 0.322 e. The quantitative estimate of drug-likeness (QED) is 0.473. The van der Waals surface area contributed by atoms with Gasteiger partial charge in [0.05, 0.1) is 22.1 Å². The van der Waals surface area contributed by atoms with Crippen LogP contribution in [0.4, 0.5) is 25.1 Å². The molecule has 0 aliphatic heterocycles. The molecule has 0 saturated heterocycles. The van der Waals surface area contributed by atoms with Gasteiger partial charge in [0.25, 0.3) is 0 Å². The average molecular weight is 490 g/mol. The van der Waals surface area contributed by atoms with E-state index in [4.69, 9.17) is 11.6 Å². The molecule has 1 heterocycles. The molecule has 180 valence electrons. The van der Waals surface area contributed by atoms with E-state index in [2.05, 4.69) is 15.7 Å². The van der Waals surface area contributed by atoms with Crippen LogP contribution in [-0.4, -0.2) is 39.7 Å². The molecule has 7 nitrogen and oxygen atoms in total. The van der Waals surface area contributed by atoms with Crippen molar-refractivity contribution < 1.29 is 18.4 Å². The predicted molar refractivity (Wildman–Crippen MR) is 129 cm³/mol. The van der Waals surface area contributed by atoms with E-state index in [-0.39, 0.29) is 24.2 Å². The summed E-state index contributed by atoms with van der Waals surface area (Å²) >= 11 is 6.35. The first-order valence-corrected chi connectivity index (χ1v) is 11.0. The van der Waals surface area contributed by atoms with Crippen LogP contribution >= 0.6 is 11.6 Å². The highest BCUT2D eigenvalue weighted by molar-refractivity contribution is 6.32. The second-order valence-electron chi connectivity index (χ2n) is 8.64. The Labute approximate surface area is 201 Å². The first-order chi connectivity index (χ1) is 16.0. The SMILES string of the molecule is CCN(CC(=O)Nc1cc(C(C)(C)C)nn1-c1ccccc1Cl)C(=O)Nc1ccc(F)cc1F. The molecular weight excluding hydrogens is 464 g/mol. The van der Waals surface area contributed by atoms with Gasteiger partial charge in [-0.1, -0.05) is 44.5 Å². The normalized spacial score (nSPS) is 11.3. The number of hydrogen-bond donors (Lipinski definition) is 2. The van der Waals surface area contributed by atoms with Crippen molar-refractivity contribution in [1.29, 1.82) is 0 Å². The third-order valence-electron chi connectivity index (χ3n) is 5.00. The van der Waals surface area contributed by atoms with Crippen LogP contribution in [0.25, 0.3) is 5.69 Å². The molecule has 3 amide bonds. The van der Waals surface area contributed by atoms with E-state index in [1.807, 2.05) is 26.8 Å². The van der Waals surface area contributed by atoms with Crippen molar-refractivity contribution in [1.82, 2.24) is 14.7 Å². The van der Waals surface area contributed by atoms with Gasteiger partial charge in [0.1, 0.15) is 24.0 Å². The smallest absolute Gasteiger partial charge is 0.315 e. The number of rotatable bonds is 6. The van der Waals surface area contributed by atoms with Crippen LogP contribution in [0.3, 0.4) is 0 Å². The Morgan fingerprint density at radius 2 is 1.79 bits per heavy atom.